The first-order valence-corrected chi connectivity index (χ1v) is 4.49. The summed E-state index contributed by atoms with van der Waals surface area (Å²) >= 11 is 0. The lowest BCUT2D eigenvalue weighted by Gasteiger charge is -2.34. The second-order valence-corrected chi connectivity index (χ2v) is 4.45. The van der Waals surface area contributed by atoms with Gasteiger partial charge in [0.25, 0.3) is 0 Å². The van der Waals surface area contributed by atoms with Crippen LogP contribution in [-0.2, 0) is 14.4 Å². The first kappa shape index (κ1) is 11.0. The van der Waals surface area contributed by atoms with Crippen molar-refractivity contribution in [1.29, 1.82) is 0 Å². The van der Waals surface area contributed by atoms with Crippen LogP contribution in [0.1, 0.15) is 34.6 Å². The Hall–Kier alpha value is -1.10. The van der Waals surface area contributed by atoms with Gasteiger partial charge < -0.3 is 10.2 Å². The van der Waals surface area contributed by atoms with Crippen molar-refractivity contribution >= 4 is 11.9 Å². The zero-order valence-corrected chi connectivity index (χ0v) is 9.17. The summed E-state index contributed by atoms with van der Waals surface area (Å²) in [7, 11) is 0. The molecule has 0 atom stereocenters. The van der Waals surface area contributed by atoms with Gasteiger partial charge in [-0.2, -0.15) is 0 Å². The summed E-state index contributed by atoms with van der Waals surface area (Å²) in [6.07, 6.45) is 0. The summed E-state index contributed by atoms with van der Waals surface area (Å²) in [6.45, 7) is 8.29. The largest absolute Gasteiger partial charge is 0.365 e. The molecule has 0 radical (unpaired) electrons. The Balaban J connectivity index is 2.98. The molecule has 1 rings (SSSR count). The van der Waals surface area contributed by atoms with E-state index >= 15 is 0 Å². The number of carbonyl (C=O) groups excluding carboxylic acids is 2. The van der Waals surface area contributed by atoms with Crippen LogP contribution < -0.4 is 5.32 Å². The summed E-state index contributed by atoms with van der Waals surface area (Å²) in [5.74, 6) is -0.577. The number of rotatable bonds is 1. The van der Waals surface area contributed by atoms with Gasteiger partial charge in [0.2, 0.25) is 5.91 Å². The van der Waals surface area contributed by atoms with Crippen LogP contribution in [0, 0.1) is 0 Å². The SMILES string of the molecule is CC(=O)ON1C(C)(C)NC(=O)C1(C)C. The Kier molecular flexibility index (Phi) is 2.31. The molecule has 1 aliphatic rings. The lowest BCUT2D eigenvalue weighted by molar-refractivity contribution is -0.232. The molecule has 80 valence electrons. The van der Waals surface area contributed by atoms with Crippen LogP contribution in [0.25, 0.3) is 0 Å². The second-order valence-electron chi connectivity index (χ2n) is 4.45. The van der Waals surface area contributed by atoms with Crippen molar-refractivity contribution in [3.63, 3.8) is 0 Å². The molecule has 0 aliphatic carbocycles. The van der Waals surface area contributed by atoms with E-state index in [1.54, 1.807) is 27.7 Å². The monoisotopic (exact) mass is 200 g/mol. The fourth-order valence-electron chi connectivity index (χ4n) is 1.63. The standard InChI is InChI=1S/C9H16N2O3/c1-6(12)14-11-8(2,3)7(13)10-9(11,4)5/h1-5H3,(H,10,13). The fourth-order valence-corrected chi connectivity index (χ4v) is 1.63. The molecule has 1 aliphatic heterocycles. The quantitative estimate of drug-likeness (QED) is 0.666. The third-order valence-corrected chi connectivity index (χ3v) is 2.21. The van der Waals surface area contributed by atoms with Crippen LogP contribution in [-0.4, -0.2) is 28.1 Å². The highest BCUT2D eigenvalue weighted by atomic mass is 16.7. The first-order valence-electron chi connectivity index (χ1n) is 4.49. The highest BCUT2D eigenvalue weighted by Crippen LogP contribution is 2.30. The van der Waals surface area contributed by atoms with Crippen molar-refractivity contribution in [2.45, 2.75) is 45.8 Å². The van der Waals surface area contributed by atoms with Crippen LogP contribution in [0.4, 0.5) is 0 Å². The zero-order chi connectivity index (χ0) is 11.1. The maximum atomic E-state index is 11.6. The molecule has 0 spiro atoms. The molecule has 0 aromatic rings. The molecule has 14 heavy (non-hydrogen) atoms. The summed E-state index contributed by atoms with van der Waals surface area (Å²) in [6, 6.07) is 0. The predicted molar refractivity (Wildman–Crippen MR) is 49.9 cm³/mol. The minimum atomic E-state index is -0.824. The van der Waals surface area contributed by atoms with Gasteiger partial charge in [-0.1, -0.05) is 0 Å². The van der Waals surface area contributed by atoms with E-state index in [9.17, 15) is 9.59 Å². The third-order valence-electron chi connectivity index (χ3n) is 2.21. The molecule has 1 fully saturated rings. The van der Waals surface area contributed by atoms with Crippen molar-refractivity contribution in [2.75, 3.05) is 0 Å². The Morgan fingerprint density at radius 1 is 1.36 bits per heavy atom. The van der Waals surface area contributed by atoms with E-state index in [1.807, 2.05) is 0 Å². The first-order chi connectivity index (χ1) is 6.18. The normalized spacial score (nSPS) is 24.5. The summed E-state index contributed by atoms with van der Waals surface area (Å²) in [5, 5.41) is 4.14. The third kappa shape index (κ3) is 1.59. The van der Waals surface area contributed by atoms with E-state index in [0.29, 0.717) is 0 Å². The molecular weight excluding hydrogens is 184 g/mol. The van der Waals surface area contributed by atoms with E-state index in [1.165, 1.54) is 12.0 Å². The van der Waals surface area contributed by atoms with Crippen molar-refractivity contribution in [3.05, 3.63) is 0 Å². The van der Waals surface area contributed by atoms with Gasteiger partial charge in [0, 0.05) is 6.92 Å². The molecule has 1 N–H and O–H groups in total. The molecule has 0 aromatic carbocycles. The second kappa shape index (κ2) is 2.95. The molecule has 1 amide bonds. The van der Waals surface area contributed by atoms with Gasteiger partial charge in [-0.05, 0) is 27.7 Å². The topological polar surface area (TPSA) is 58.6 Å². The summed E-state index contributed by atoms with van der Waals surface area (Å²) < 4.78 is 0. The molecule has 5 heteroatoms. The van der Waals surface area contributed by atoms with E-state index < -0.39 is 17.2 Å². The Bertz CT molecular complexity index is 284. The average molecular weight is 200 g/mol. The van der Waals surface area contributed by atoms with Gasteiger partial charge in [0.15, 0.2) is 0 Å². The van der Waals surface area contributed by atoms with E-state index in [4.69, 9.17) is 4.84 Å². The van der Waals surface area contributed by atoms with Crippen LogP contribution in [0.3, 0.4) is 0 Å². The maximum Gasteiger partial charge on any atom is 0.322 e. The Morgan fingerprint density at radius 3 is 2.14 bits per heavy atom. The van der Waals surface area contributed by atoms with Crippen molar-refractivity contribution in [3.8, 4) is 0 Å². The molecule has 1 heterocycles. The molecule has 5 nitrogen and oxygen atoms in total. The number of hydrogen-bond donors (Lipinski definition) is 1. The summed E-state index contributed by atoms with van der Waals surface area (Å²) in [5.41, 5.74) is -1.48. The number of nitrogens with one attached hydrogen (secondary N) is 1. The van der Waals surface area contributed by atoms with Crippen LogP contribution in [0.5, 0.6) is 0 Å². The highest BCUT2D eigenvalue weighted by Gasteiger charge is 2.53. The number of nitrogens with zero attached hydrogens (tertiary/aromatic N) is 1. The fraction of sp³-hybridized carbons (Fsp3) is 0.778. The molecular formula is C9H16N2O3. The van der Waals surface area contributed by atoms with Crippen LogP contribution >= 0.6 is 0 Å². The van der Waals surface area contributed by atoms with Gasteiger partial charge in [-0.3, -0.25) is 9.59 Å². The van der Waals surface area contributed by atoms with Gasteiger partial charge in [-0.15, -0.1) is 5.06 Å². The molecule has 0 bridgehead atoms. The Morgan fingerprint density at radius 2 is 1.86 bits per heavy atom. The molecule has 0 aromatic heterocycles. The lowest BCUT2D eigenvalue weighted by atomic mass is 10.1. The van der Waals surface area contributed by atoms with E-state index in [-0.39, 0.29) is 5.91 Å². The minimum Gasteiger partial charge on any atom is -0.365 e. The van der Waals surface area contributed by atoms with Crippen molar-refractivity contribution in [2.24, 2.45) is 0 Å². The number of hydrogen-bond acceptors (Lipinski definition) is 4. The van der Waals surface area contributed by atoms with Crippen molar-refractivity contribution < 1.29 is 14.4 Å². The van der Waals surface area contributed by atoms with Crippen molar-refractivity contribution in [1.82, 2.24) is 10.4 Å². The average Bonchev–Trinajstić information content (AvgIpc) is 2.10. The highest BCUT2D eigenvalue weighted by molar-refractivity contribution is 5.88. The predicted octanol–water partition coefficient (Wildman–Crippen LogP) is 0.411. The number of carbonyl (C=O) groups is 2. The van der Waals surface area contributed by atoms with Gasteiger partial charge in [0.1, 0.15) is 11.2 Å². The lowest BCUT2D eigenvalue weighted by Crippen LogP contribution is -2.51. The van der Waals surface area contributed by atoms with Crippen LogP contribution in [0.2, 0.25) is 0 Å². The zero-order valence-electron chi connectivity index (χ0n) is 9.17. The van der Waals surface area contributed by atoms with Gasteiger partial charge >= 0.3 is 5.97 Å². The minimum absolute atomic E-state index is 0.149. The van der Waals surface area contributed by atoms with E-state index in [2.05, 4.69) is 5.32 Å². The number of hydroxylamine groups is 2. The summed E-state index contributed by atoms with van der Waals surface area (Å²) in [4.78, 5) is 27.5. The van der Waals surface area contributed by atoms with Gasteiger partial charge in [-0.25, -0.2) is 0 Å². The smallest absolute Gasteiger partial charge is 0.322 e. The molecule has 0 unspecified atom stereocenters. The van der Waals surface area contributed by atoms with Gasteiger partial charge in [0.05, 0.1) is 0 Å². The van der Waals surface area contributed by atoms with Crippen LogP contribution in [0.15, 0.2) is 0 Å². The van der Waals surface area contributed by atoms with E-state index in [0.717, 1.165) is 0 Å². The Labute approximate surface area is 83.4 Å². The number of amides is 1. The molecule has 0 saturated carbocycles. The maximum absolute atomic E-state index is 11.6. The molecule has 1 saturated heterocycles.